The van der Waals surface area contributed by atoms with Crippen LogP contribution in [0.2, 0.25) is 0 Å². The summed E-state index contributed by atoms with van der Waals surface area (Å²) >= 11 is 0. The maximum Gasteiger partial charge on any atom is 0.182 e. The Hall–Kier alpha value is -1.65. The van der Waals surface area contributed by atoms with Gasteiger partial charge in [-0.05, 0) is 12.8 Å². The molecule has 2 aromatic rings. The SMILES string of the molecule is CCC(CC)C(C)Nc1ncnc2nc[nH]c12. The van der Waals surface area contributed by atoms with Crippen LogP contribution in [0.25, 0.3) is 11.2 Å². The molecule has 0 aliphatic carbocycles. The van der Waals surface area contributed by atoms with E-state index < -0.39 is 0 Å². The standard InChI is InChI=1S/C12H19N5/c1-4-9(5-2)8(3)17-12-10-11(14-6-13-10)15-7-16-12/h6-9H,4-5H2,1-3H3,(H2,13,14,15,16,17). The summed E-state index contributed by atoms with van der Waals surface area (Å²) in [4.78, 5) is 15.6. The zero-order valence-electron chi connectivity index (χ0n) is 10.6. The normalized spacial score (nSPS) is 13.2. The van der Waals surface area contributed by atoms with Gasteiger partial charge in [0.15, 0.2) is 11.5 Å². The molecule has 1 unspecified atom stereocenters. The molecule has 0 saturated heterocycles. The van der Waals surface area contributed by atoms with E-state index in [1.54, 1.807) is 12.7 Å². The molecular weight excluding hydrogens is 214 g/mol. The van der Waals surface area contributed by atoms with E-state index in [1.165, 1.54) is 12.8 Å². The van der Waals surface area contributed by atoms with Gasteiger partial charge >= 0.3 is 0 Å². The van der Waals surface area contributed by atoms with Crippen molar-refractivity contribution in [3.63, 3.8) is 0 Å². The van der Waals surface area contributed by atoms with Gasteiger partial charge in [0, 0.05) is 6.04 Å². The van der Waals surface area contributed by atoms with Crippen molar-refractivity contribution in [3.8, 4) is 0 Å². The first-order chi connectivity index (χ1) is 8.26. The fourth-order valence-electron chi connectivity index (χ4n) is 2.20. The van der Waals surface area contributed by atoms with Crippen LogP contribution >= 0.6 is 0 Å². The number of H-pyrrole nitrogens is 1. The van der Waals surface area contributed by atoms with Crippen molar-refractivity contribution in [1.82, 2.24) is 19.9 Å². The van der Waals surface area contributed by atoms with Gasteiger partial charge in [0.1, 0.15) is 11.8 Å². The Balaban J connectivity index is 2.20. The maximum absolute atomic E-state index is 4.28. The van der Waals surface area contributed by atoms with Crippen LogP contribution in [-0.4, -0.2) is 26.0 Å². The molecule has 0 bridgehead atoms. The number of rotatable bonds is 5. The zero-order chi connectivity index (χ0) is 12.3. The molecule has 0 aromatic carbocycles. The molecule has 2 N–H and O–H groups in total. The van der Waals surface area contributed by atoms with E-state index >= 15 is 0 Å². The molecule has 17 heavy (non-hydrogen) atoms. The number of nitrogens with zero attached hydrogens (tertiary/aromatic N) is 3. The van der Waals surface area contributed by atoms with E-state index in [-0.39, 0.29) is 0 Å². The van der Waals surface area contributed by atoms with Crippen LogP contribution in [-0.2, 0) is 0 Å². The highest BCUT2D eigenvalue weighted by Gasteiger charge is 2.15. The summed E-state index contributed by atoms with van der Waals surface area (Å²) < 4.78 is 0. The minimum atomic E-state index is 0.395. The van der Waals surface area contributed by atoms with Crippen LogP contribution in [0, 0.1) is 5.92 Å². The van der Waals surface area contributed by atoms with Crippen molar-refractivity contribution >= 4 is 17.0 Å². The van der Waals surface area contributed by atoms with E-state index in [9.17, 15) is 0 Å². The lowest BCUT2D eigenvalue weighted by atomic mass is 9.95. The minimum Gasteiger partial charge on any atom is -0.365 e. The molecule has 0 aliphatic heterocycles. The Bertz CT molecular complexity index is 474. The third-order valence-electron chi connectivity index (χ3n) is 3.34. The van der Waals surface area contributed by atoms with Crippen LogP contribution in [0.4, 0.5) is 5.82 Å². The van der Waals surface area contributed by atoms with Crippen molar-refractivity contribution in [1.29, 1.82) is 0 Å². The van der Waals surface area contributed by atoms with Crippen LogP contribution in [0.15, 0.2) is 12.7 Å². The Morgan fingerprint density at radius 2 is 2.00 bits per heavy atom. The number of hydrogen-bond donors (Lipinski definition) is 2. The average molecular weight is 233 g/mol. The highest BCUT2D eigenvalue weighted by Crippen LogP contribution is 2.20. The number of hydrogen-bond acceptors (Lipinski definition) is 4. The van der Waals surface area contributed by atoms with Gasteiger partial charge in [-0.3, -0.25) is 0 Å². The predicted octanol–water partition coefficient (Wildman–Crippen LogP) is 2.59. The third-order valence-corrected chi connectivity index (χ3v) is 3.34. The summed E-state index contributed by atoms with van der Waals surface area (Å²) in [6.45, 7) is 6.64. The number of fused-ring (bicyclic) bond motifs is 1. The minimum absolute atomic E-state index is 0.395. The smallest absolute Gasteiger partial charge is 0.182 e. The number of nitrogens with one attached hydrogen (secondary N) is 2. The summed E-state index contributed by atoms with van der Waals surface area (Å²) in [6.07, 6.45) is 5.53. The summed E-state index contributed by atoms with van der Waals surface area (Å²) in [5.74, 6) is 1.50. The molecule has 0 aliphatic rings. The summed E-state index contributed by atoms with van der Waals surface area (Å²) in [5, 5.41) is 3.45. The van der Waals surface area contributed by atoms with E-state index in [4.69, 9.17) is 0 Å². The molecule has 5 heteroatoms. The van der Waals surface area contributed by atoms with E-state index in [1.807, 2.05) is 0 Å². The topological polar surface area (TPSA) is 66.5 Å². The first kappa shape index (κ1) is 11.8. The lowest BCUT2D eigenvalue weighted by molar-refractivity contribution is 0.437. The Kier molecular flexibility index (Phi) is 3.56. The molecule has 0 radical (unpaired) electrons. The van der Waals surface area contributed by atoms with Crippen LogP contribution in [0.3, 0.4) is 0 Å². The number of aromatic amines is 1. The molecule has 0 fully saturated rings. The fraction of sp³-hybridized carbons (Fsp3) is 0.583. The third kappa shape index (κ3) is 2.38. The molecular formula is C12H19N5. The van der Waals surface area contributed by atoms with Crippen molar-refractivity contribution < 1.29 is 0 Å². The first-order valence-electron chi connectivity index (χ1n) is 6.16. The van der Waals surface area contributed by atoms with Crippen LogP contribution in [0.1, 0.15) is 33.6 Å². The molecule has 2 rings (SSSR count). The second-order valence-corrected chi connectivity index (χ2v) is 4.33. The molecule has 1 atom stereocenters. The maximum atomic E-state index is 4.28. The van der Waals surface area contributed by atoms with E-state index in [2.05, 4.69) is 46.0 Å². The number of aromatic nitrogens is 4. The first-order valence-corrected chi connectivity index (χ1v) is 6.16. The zero-order valence-corrected chi connectivity index (χ0v) is 10.6. The van der Waals surface area contributed by atoms with Gasteiger partial charge in [0.25, 0.3) is 0 Å². The second kappa shape index (κ2) is 5.12. The fourth-order valence-corrected chi connectivity index (χ4v) is 2.20. The number of anilines is 1. The van der Waals surface area contributed by atoms with Gasteiger partial charge in [0.05, 0.1) is 6.33 Å². The highest BCUT2D eigenvalue weighted by atomic mass is 15.1. The molecule has 92 valence electrons. The summed E-state index contributed by atoms with van der Waals surface area (Å²) in [6, 6.07) is 0.395. The largest absolute Gasteiger partial charge is 0.365 e. The lowest BCUT2D eigenvalue weighted by Crippen LogP contribution is -2.25. The average Bonchev–Trinajstić information content (AvgIpc) is 2.80. The quantitative estimate of drug-likeness (QED) is 0.833. The van der Waals surface area contributed by atoms with Gasteiger partial charge in [-0.2, -0.15) is 0 Å². The van der Waals surface area contributed by atoms with Gasteiger partial charge < -0.3 is 10.3 Å². The van der Waals surface area contributed by atoms with Gasteiger partial charge in [-0.15, -0.1) is 0 Å². The Morgan fingerprint density at radius 3 is 2.71 bits per heavy atom. The van der Waals surface area contributed by atoms with Gasteiger partial charge in [-0.1, -0.05) is 26.7 Å². The molecule has 0 spiro atoms. The van der Waals surface area contributed by atoms with E-state index in [0.29, 0.717) is 17.6 Å². The van der Waals surface area contributed by atoms with Gasteiger partial charge in [-0.25, -0.2) is 15.0 Å². The molecule has 2 aromatic heterocycles. The highest BCUT2D eigenvalue weighted by molar-refractivity contribution is 5.82. The molecule has 5 nitrogen and oxygen atoms in total. The van der Waals surface area contributed by atoms with Crippen molar-refractivity contribution in [3.05, 3.63) is 12.7 Å². The Labute approximate surface area is 101 Å². The van der Waals surface area contributed by atoms with Crippen LogP contribution in [0.5, 0.6) is 0 Å². The number of imidazole rings is 1. The van der Waals surface area contributed by atoms with Gasteiger partial charge in [0.2, 0.25) is 0 Å². The van der Waals surface area contributed by atoms with Crippen molar-refractivity contribution in [2.75, 3.05) is 5.32 Å². The summed E-state index contributed by atoms with van der Waals surface area (Å²) in [5.41, 5.74) is 1.59. The Morgan fingerprint density at radius 1 is 1.24 bits per heavy atom. The van der Waals surface area contributed by atoms with Crippen LogP contribution < -0.4 is 5.32 Å². The summed E-state index contributed by atoms with van der Waals surface area (Å²) in [7, 11) is 0. The van der Waals surface area contributed by atoms with E-state index in [0.717, 1.165) is 11.3 Å². The second-order valence-electron chi connectivity index (χ2n) is 4.33. The lowest BCUT2D eigenvalue weighted by Gasteiger charge is -2.22. The predicted molar refractivity (Wildman–Crippen MR) is 68.8 cm³/mol. The van der Waals surface area contributed by atoms with Crippen molar-refractivity contribution in [2.45, 2.75) is 39.7 Å². The monoisotopic (exact) mass is 233 g/mol. The molecule has 0 saturated carbocycles. The van der Waals surface area contributed by atoms with Crippen molar-refractivity contribution in [2.24, 2.45) is 5.92 Å². The molecule has 0 amide bonds. The molecule has 2 heterocycles.